The van der Waals surface area contributed by atoms with E-state index in [2.05, 4.69) is 169 Å². The van der Waals surface area contributed by atoms with E-state index in [1.165, 1.54) is 129 Å². The molecule has 0 atom stereocenters. The van der Waals surface area contributed by atoms with Gasteiger partial charge in [0, 0.05) is 90.6 Å². The number of hydrogen-bond donors (Lipinski definition) is 2. The van der Waals surface area contributed by atoms with E-state index in [9.17, 15) is 37.5 Å². The predicted molar refractivity (Wildman–Crippen MR) is 608 cm³/mol. The van der Waals surface area contributed by atoms with E-state index in [0.717, 1.165) is 86.4 Å². The second kappa shape index (κ2) is 62.9. The number of thiophene rings is 3. The molecule has 0 aliphatic heterocycles. The summed E-state index contributed by atoms with van der Waals surface area (Å²) in [6.45, 7) is 29.7. The molecule has 0 bridgehead atoms. The smallest absolute Gasteiger partial charge is 1.00 e. The summed E-state index contributed by atoms with van der Waals surface area (Å²) in [5.74, 6) is 0.450. The van der Waals surface area contributed by atoms with Gasteiger partial charge in [0.2, 0.25) is 0 Å². The van der Waals surface area contributed by atoms with Crippen molar-refractivity contribution < 1.29 is 59.3 Å². The Morgan fingerprint density at radius 2 is 0.872 bits per heavy atom. The number of benzene rings is 3. The van der Waals surface area contributed by atoms with E-state index in [1.807, 2.05) is 241 Å². The van der Waals surface area contributed by atoms with Gasteiger partial charge in [0.25, 0.3) is 0 Å². The third-order valence-corrected chi connectivity index (χ3v) is 42.2. The first-order valence-electron chi connectivity index (χ1n) is 43.0. The molecule has 18 aromatic rings. The van der Waals surface area contributed by atoms with Crippen LogP contribution in [0.4, 0.5) is 13.2 Å². The summed E-state index contributed by atoms with van der Waals surface area (Å²) < 4.78 is 77.8. The van der Waals surface area contributed by atoms with Crippen LogP contribution in [0.1, 0.15) is 208 Å². The fourth-order valence-electron chi connectivity index (χ4n) is 13.9. The van der Waals surface area contributed by atoms with Crippen molar-refractivity contribution >= 4 is 275 Å². The number of hydrogen-bond acceptors (Lipinski definition) is 18. The third kappa shape index (κ3) is 33.6. The normalized spacial score (nSPS) is 10.5. The van der Waals surface area contributed by atoms with Crippen LogP contribution in [0.2, 0.25) is 13.3 Å². The molecule has 141 heavy (non-hydrogen) atoms. The van der Waals surface area contributed by atoms with Crippen LogP contribution in [0.15, 0.2) is 263 Å². The molecule has 3 aromatic carbocycles. The number of thiol groups is 1. The van der Waals surface area contributed by atoms with Crippen molar-refractivity contribution in [2.45, 2.75) is 190 Å². The van der Waals surface area contributed by atoms with Crippen molar-refractivity contribution in [1.29, 1.82) is 0 Å². The Hall–Kier alpha value is -7.86. The van der Waals surface area contributed by atoms with Crippen LogP contribution in [-0.4, -0.2) is 164 Å². The predicted octanol–water partition coefficient (Wildman–Crippen LogP) is 28.3. The minimum atomic E-state index is -2.24. The minimum absolute atomic E-state index is 0. The van der Waals surface area contributed by atoms with E-state index in [4.69, 9.17) is 9.39 Å². The Kier molecular flexibility index (Phi) is 57.6. The number of carbonyl (C=O) groups is 4. The maximum absolute atomic E-state index is 13.9. The molecule has 0 unspecified atom stereocenters. The van der Waals surface area contributed by atoms with Gasteiger partial charge < -0.3 is 37.4 Å². The van der Waals surface area contributed by atoms with Crippen molar-refractivity contribution in [3.63, 3.8) is 0 Å². The Balaban J connectivity index is 0.000000543. The quantitative estimate of drug-likeness (QED) is 0.0152. The molecule has 15 heterocycles. The van der Waals surface area contributed by atoms with Crippen molar-refractivity contribution in [3.8, 4) is 22.8 Å². The number of aliphatic hydroxyl groups is 1. The van der Waals surface area contributed by atoms with Gasteiger partial charge in [0.15, 0.2) is 32.6 Å². The Morgan fingerprint density at radius 1 is 0.511 bits per heavy atom. The summed E-state index contributed by atoms with van der Waals surface area (Å²) in [4.78, 5) is 71.6. The zero-order valence-electron chi connectivity index (χ0n) is 77.6. The van der Waals surface area contributed by atoms with Crippen LogP contribution in [0.3, 0.4) is 0 Å². The number of Topliss-reactive ketones (excluding diaryl/α,β-unsaturated/α-hetero) is 4. The van der Waals surface area contributed by atoms with Gasteiger partial charge in [0.1, 0.15) is 73.7 Å². The molecule has 0 fully saturated rings. The number of alkyl halides is 1. The van der Waals surface area contributed by atoms with E-state index in [-0.39, 0.29) is 119 Å². The molecule has 0 aliphatic carbocycles. The molecule has 0 amide bonds. The number of rotatable bonds is 23. The average Bonchev–Trinajstić information content (AvgIpc) is 1.61. The first-order chi connectivity index (χ1) is 64.2. The van der Waals surface area contributed by atoms with Crippen LogP contribution >= 0.6 is 126 Å². The van der Waals surface area contributed by atoms with Crippen molar-refractivity contribution in [3.05, 3.63) is 305 Å². The number of unbranched alkanes of at least 4 members (excludes halogenated alkanes) is 3. The number of ether oxygens (including phenoxy) is 1. The number of pyridine rings is 6. The van der Waals surface area contributed by atoms with Gasteiger partial charge in [-0.05, 0) is 199 Å². The summed E-state index contributed by atoms with van der Waals surface area (Å²) in [7, 11) is 5.93. The van der Waals surface area contributed by atoms with E-state index in [0.29, 0.717) is 53.3 Å². The fraction of sp³-hybridized carbons (Fsp3) is 0.298. The zero-order valence-corrected chi connectivity index (χ0v) is 93.9. The van der Waals surface area contributed by atoms with E-state index in [1.54, 1.807) is 52.2 Å². The number of carbonyl (C=O) groups excluding carboxylic acids is 4. The summed E-state index contributed by atoms with van der Waals surface area (Å²) in [6.07, 6.45) is 24.9. The van der Waals surface area contributed by atoms with Crippen LogP contribution in [0.5, 0.6) is 0 Å². The molecule has 2 radical (unpaired) electrons. The first-order valence-corrected chi connectivity index (χ1v) is 57.8. The van der Waals surface area contributed by atoms with Gasteiger partial charge in [-0.3, -0.25) is 36.8 Å². The second-order valence-electron chi connectivity index (χ2n) is 31.4. The summed E-state index contributed by atoms with van der Waals surface area (Å²) >= 11 is 21.5. The number of aromatic nitrogens is 12. The van der Waals surface area contributed by atoms with Gasteiger partial charge in [-0.25, -0.2) is 43.1 Å². The van der Waals surface area contributed by atoms with Gasteiger partial charge in [-0.15, -0.1) is 34.0 Å². The Morgan fingerprint density at radius 3 is 1.30 bits per heavy atom. The molecular weight excluding hydrogens is 2330 g/mol. The molecule has 0 saturated heterocycles. The Labute approximate surface area is 915 Å². The standard InChI is InChI=1S/C17H10BrFN2OS.C17H11FN2OS.C14H17BFO2S.C9H7BrN2O.C9H8N2O.C7H4Br2N2.C7H5BrN2.C4H7O.3C4H9.C3H7.5CH4.BHNS.ClH.Mg.Sn/c18-8-14(22)15-13-6-1-2-7-21(13)17(20-15)11-9-23-16-10(11)4-3-5-12(16)19;1-10(21)15-14-7-2-3-8-20(14)17(19-15)12-9-22-16-11(12)5-4-6-13(16)18;1-13(2,17)14(3,4)18-15-10-8-19-12-9(10)6-5-7-11(12)16;1-6(13)8-7-4-2-3-5-12(7)9(10)11-8;1-7(12)9-8-4-2-3-5-11(8)6-10-9;8-6-5-3-1-2-4-11(5)7(9)10-6;8-7-6-3-1-2-4-10(6)5-9-7;1-3-5-4-2;3*1-3-4-2;1-3-2;;;;;;1-2-3;;;/h1-7,9H,8H2;2-9H,1H3;5-8,17H,1-4H3;2-5H,1H3;2-6H,1H3;1-4H;1-5H;1,4H2,2H3;3*1,3-4H2,2H3;3H,1-2H3;5*1H4;3H;1H;;/q;;;;;;;;;;;-1;;;;;;;;+2;/p-1. The molecule has 746 valence electrons. The van der Waals surface area contributed by atoms with Crippen LogP contribution in [-0.2, 0) is 9.39 Å². The molecule has 15 aromatic heterocycles. The number of imidazole rings is 6. The van der Waals surface area contributed by atoms with Gasteiger partial charge >= 0.3 is 175 Å². The van der Waals surface area contributed by atoms with Crippen molar-refractivity contribution in [2.24, 2.45) is 4.30 Å². The van der Waals surface area contributed by atoms with E-state index >= 15 is 0 Å². The van der Waals surface area contributed by atoms with Gasteiger partial charge in [-0.2, -0.15) is 13.8 Å². The molecule has 0 spiro atoms. The summed E-state index contributed by atoms with van der Waals surface area (Å²) in [6, 6.07) is 49.5. The molecule has 0 aliphatic rings. The molecule has 20 nitrogen and oxygen atoms in total. The maximum atomic E-state index is 13.9. The van der Waals surface area contributed by atoms with Crippen molar-refractivity contribution in [2.75, 3.05) is 11.9 Å². The van der Waals surface area contributed by atoms with E-state index < -0.39 is 29.6 Å². The monoisotopic (exact) mass is 2450 g/mol. The van der Waals surface area contributed by atoms with Crippen LogP contribution in [0, 0.1) is 23.9 Å². The second-order valence-corrected chi connectivity index (χ2v) is 50.9. The fourth-order valence-corrected chi connectivity index (χ4v) is 33.7. The summed E-state index contributed by atoms with van der Waals surface area (Å²) in [5.41, 5.74) is 8.10. The number of fused-ring (bicyclic) bond motifs is 9. The first kappa shape index (κ1) is 129. The Bertz CT molecular complexity index is 6970. The third-order valence-electron chi connectivity index (χ3n) is 21.3. The van der Waals surface area contributed by atoms with Crippen LogP contribution < -0.4 is 17.9 Å². The van der Waals surface area contributed by atoms with Gasteiger partial charge in [-0.1, -0.05) is 126 Å². The number of halogens is 9. The topological polar surface area (TPSA) is 223 Å². The minimum Gasteiger partial charge on any atom is -1.00 e. The SMILES string of the molecule is Brc1nc(Br)n2ccccc12.Brc1ncn2ccccc12.C.C.C.C.C.C=[C](OCC)[Sn]([CH2]CCC)([CH2]CCC)[CH2]CCC.CC(=O)c1nc(-c2csc3c(F)cccc23)n2ccccc12.CC(=O)c1nc(Br)n2ccccc12.CC(=O)c1ncn2ccccc12.CC(C)(O)C(C)(C)O[B]c1csc2c(F)cccc12.C[CH-]C.O=C(CBr)c1nc(-c2csc3c(F)cccc23)n2ccccc12.[B]=NS.[Cl-].[Mg+2]. The maximum Gasteiger partial charge on any atom is 2.00 e. The average molecular weight is 2450 g/mol. The molecule has 0 saturated carbocycles. The summed E-state index contributed by atoms with van der Waals surface area (Å²) in [5, 5.41) is 18.3. The molecular formula is C104H124B2Br5ClF3MgN13O7S4Sn. The molecule has 1 N–H and O–H groups in total. The molecule has 18 rings (SSSR count). The molecule has 37 heteroatoms. The largest absolute Gasteiger partial charge is 2.00 e. The van der Waals surface area contributed by atoms with Crippen LogP contribution in [0.25, 0.3) is 86.1 Å². The number of nitrogens with zero attached hydrogens (tertiary/aromatic N) is 13. The number of ketones is 4. The van der Waals surface area contributed by atoms with Crippen molar-refractivity contribution in [1.82, 2.24) is 56.3 Å². The van der Waals surface area contributed by atoms with Gasteiger partial charge in [0.05, 0.1) is 63.7 Å². The zero-order chi connectivity index (χ0) is 97.6.